The Hall–Kier alpha value is -0.803. The monoisotopic (exact) mass is 251 g/mol. The van der Waals surface area contributed by atoms with E-state index in [0.717, 1.165) is 5.69 Å². The van der Waals surface area contributed by atoms with Gasteiger partial charge in [-0.3, -0.25) is 0 Å². The van der Waals surface area contributed by atoms with Crippen molar-refractivity contribution in [1.82, 2.24) is 0 Å². The molecule has 0 aromatic heterocycles. The zero-order valence-electron chi connectivity index (χ0n) is 11.9. The minimum absolute atomic E-state index is 0.136. The lowest BCUT2D eigenvalue weighted by Crippen LogP contribution is -2.41. The highest BCUT2D eigenvalue weighted by Gasteiger charge is 2.38. The summed E-state index contributed by atoms with van der Waals surface area (Å²) in [5.74, 6) is 0. The van der Waals surface area contributed by atoms with Crippen LogP contribution in [0.4, 0.5) is 5.69 Å². The third-order valence-electron chi connectivity index (χ3n) is 3.68. The van der Waals surface area contributed by atoms with E-state index in [-0.39, 0.29) is 11.1 Å². The van der Waals surface area contributed by atoms with E-state index in [1.807, 2.05) is 24.3 Å². The van der Waals surface area contributed by atoms with Crippen molar-refractivity contribution in [3.05, 3.63) is 29.8 Å². The van der Waals surface area contributed by atoms with Crippen molar-refractivity contribution in [1.29, 1.82) is 0 Å². The van der Waals surface area contributed by atoms with Crippen LogP contribution >= 0.6 is 0 Å². The molecule has 1 atom stereocenters. The molecule has 0 aliphatic heterocycles. The Labute approximate surface area is 106 Å². The Balaban J connectivity index is 2.79. The third-order valence-corrected chi connectivity index (χ3v) is 8.24. The van der Waals surface area contributed by atoms with Crippen molar-refractivity contribution in [2.75, 3.05) is 5.73 Å². The molecule has 0 aliphatic carbocycles. The number of nitrogen functional groups attached to an aromatic ring is 1. The molecule has 2 nitrogen and oxygen atoms in total. The molecule has 17 heavy (non-hydrogen) atoms. The van der Waals surface area contributed by atoms with Crippen LogP contribution in [-0.2, 0) is 4.43 Å². The Morgan fingerprint density at radius 1 is 1.12 bits per heavy atom. The van der Waals surface area contributed by atoms with E-state index >= 15 is 0 Å². The summed E-state index contributed by atoms with van der Waals surface area (Å²) in [6.45, 7) is 13.5. The largest absolute Gasteiger partial charge is 0.410 e. The van der Waals surface area contributed by atoms with Crippen molar-refractivity contribution in [2.24, 2.45) is 0 Å². The lowest BCUT2D eigenvalue weighted by atomic mass is 10.1. The molecule has 0 saturated heterocycles. The van der Waals surface area contributed by atoms with Gasteiger partial charge in [-0.15, -0.1) is 0 Å². The molecular weight excluding hydrogens is 226 g/mol. The summed E-state index contributed by atoms with van der Waals surface area (Å²) in [6.07, 6.45) is 0.136. The fraction of sp³-hybridized carbons (Fsp3) is 0.571. The lowest BCUT2D eigenvalue weighted by Gasteiger charge is -2.38. The normalized spacial score (nSPS) is 14.7. The molecule has 3 heteroatoms. The van der Waals surface area contributed by atoms with Gasteiger partial charge in [0.25, 0.3) is 0 Å². The summed E-state index contributed by atoms with van der Waals surface area (Å²) in [6, 6.07) is 7.96. The first kappa shape index (κ1) is 14.3. The van der Waals surface area contributed by atoms with Crippen LogP contribution in [-0.4, -0.2) is 8.32 Å². The SMILES string of the molecule is C[C@@H](O[Si](C)(C)C(C)(C)C)c1ccc(N)cc1. The van der Waals surface area contributed by atoms with Crippen molar-refractivity contribution in [3.63, 3.8) is 0 Å². The maximum Gasteiger partial charge on any atom is 0.192 e. The van der Waals surface area contributed by atoms with E-state index < -0.39 is 8.32 Å². The maximum atomic E-state index is 6.33. The highest BCUT2D eigenvalue weighted by atomic mass is 28.4. The second-order valence-corrected chi connectivity index (χ2v) is 10.9. The fourth-order valence-corrected chi connectivity index (χ4v) is 2.83. The zero-order valence-corrected chi connectivity index (χ0v) is 12.9. The standard InChI is InChI=1S/C14H25NOSi/c1-11(12-7-9-13(15)10-8-12)16-17(5,6)14(2,3)4/h7-11H,15H2,1-6H3/t11-/m1/s1. The van der Waals surface area contributed by atoms with Crippen molar-refractivity contribution < 1.29 is 4.43 Å². The van der Waals surface area contributed by atoms with Gasteiger partial charge in [-0.05, 0) is 42.8 Å². The summed E-state index contributed by atoms with van der Waals surface area (Å²) in [7, 11) is -1.70. The number of rotatable bonds is 3. The fourth-order valence-electron chi connectivity index (χ4n) is 1.45. The average molecular weight is 251 g/mol. The molecule has 1 aromatic carbocycles. The molecule has 0 heterocycles. The predicted octanol–water partition coefficient (Wildman–Crippen LogP) is 4.35. The number of anilines is 1. The van der Waals surface area contributed by atoms with Gasteiger partial charge in [0.1, 0.15) is 0 Å². The summed E-state index contributed by atoms with van der Waals surface area (Å²) in [4.78, 5) is 0. The van der Waals surface area contributed by atoms with E-state index in [9.17, 15) is 0 Å². The van der Waals surface area contributed by atoms with Crippen LogP contribution in [0.1, 0.15) is 39.4 Å². The molecule has 1 rings (SSSR count). The quantitative estimate of drug-likeness (QED) is 0.640. The van der Waals surface area contributed by atoms with E-state index in [1.165, 1.54) is 5.56 Å². The van der Waals surface area contributed by atoms with E-state index in [2.05, 4.69) is 40.8 Å². The summed E-state index contributed by atoms with van der Waals surface area (Å²) < 4.78 is 6.33. The Morgan fingerprint density at radius 2 is 1.59 bits per heavy atom. The summed E-state index contributed by atoms with van der Waals surface area (Å²) in [5.41, 5.74) is 7.69. The maximum absolute atomic E-state index is 6.33. The minimum Gasteiger partial charge on any atom is -0.410 e. The molecule has 0 amide bonds. The van der Waals surface area contributed by atoms with Gasteiger partial charge in [0.05, 0.1) is 6.10 Å². The zero-order chi connectivity index (χ0) is 13.3. The molecule has 0 unspecified atom stereocenters. The number of benzene rings is 1. The highest BCUT2D eigenvalue weighted by molar-refractivity contribution is 6.74. The number of hydrogen-bond donors (Lipinski definition) is 1. The van der Waals surface area contributed by atoms with Gasteiger partial charge < -0.3 is 10.2 Å². The first-order valence-electron chi connectivity index (χ1n) is 6.17. The van der Waals surface area contributed by atoms with Crippen LogP contribution in [0.2, 0.25) is 18.1 Å². The molecule has 0 aliphatic rings. The molecule has 0 radical (unpaired) electrons. The molecule has 1 aromatic rings. The Morgan fingerprint density at radius 3 is 2.00 bits per heavy atom. The van der Waals surface area contributed by atoms with Crippen molar-refractivity contribution in [3.8, 4) is 0 Å². The summed E-state index contributed by atoms with van der Waals surface area (Å²) >= 11 is 0. The Kier molecular flexibility index (Phi) is 4.05. The molecule has 0 spiro atoms. The van der Waals surface area contributed by atoms with E-state index in [1.54, 1.807) is 0 Å². The average Bonchev–Trinajstić information content (AvgIpc) is 2.16. The van der Waals surface area contributed by atoms with Gasteiger partial charge >= 0.3 is 0 Å². The second-order valence-electron chi connectivity index (χ2n) is 6.19. The van der Waals surface area contributed by atoms with Crippen LogP contribution < -0.4 is 5.73 Å². The van der Waals surface area contributed by atoms with Crippen LogP contribution in [0.25, 0.3) is 0 Å². The van der Waals surface area contributed by atoms with Gasteiger partial charge in [0, 0.05) is 5.69 Å². The third kappa shape index (κ3) is 3.58. The van der Waals surface area contributed by atoms with Gasteiger partial charge in [0.2, 0.25) is 0 Å². The first-order chi connectivity index (χ1) is 7.63. The molecule has 0 saturated carbocycles. The molecular formula is C14H25NOSi. The Bertz CT molecular complexity index is 365. The molecule has 96 valence electrons. The van der Waals surface area contributed by atoms with Gasteiger partial charge in [-0.2, -0.15) is 0 Å². The van der Waals surface area contributed by atoms with Gasteiger partial charge in [0.15, 0.2) is 8.32 Å². The molecule has 2 N–H and O–H groups in total. The van der Waals surface area contributed by atoms with E-state index in [4.69, 9.17) is 10.2 Å². The predicted molar refractivity (Wildman–Crippen MR) is 77.6 cm³/mol. The van der Waals surface area contributed by atoms with Crippen molar-refractivity contribution >= 4 is 14.0 Å². The topological polar surface area (TPSA) is 35.2 Å². The summed E-state index contributed by atoms with van der Waals surface area (Å²) in [5, 5.41) is 0.245. The smallest absolute Gasteiger partial charge is 0.192 e. The van der Waals surface area contributed by atoms with Crippen LogP contribution in [0.3, 0.4) is 0 Å². The van der Waals surface area contributed by atoms with Gasteiger partial charge in [-0.25, -0.2) is 0 Å². The van der Waals surface area contributed by atoms with E-state index in [0.29, 0.717) is 0 Å². The number of nitrogens with two attached hydrogens (primary N) is 1. The van der Waals surface area contributed by atoms with Crippen LogP contribution in [0, 0.1) is 0 Å². The van der Waals surface area contributed by atoms with Crippen LogP contribution in [0.5, 0.6) is 0 Å². The van der Waals surface area contributed by atoms with Gasteiger partial charge in [-0.1, -0.05) is 32.9 Å². The first-order valence-corrected chi connectivity index (χ1v) is 9.07. The molecule has 0 fully saturated rings. The molecule has 0 bridgehead atoms. The minimum atomic E-state index is -1.70. The lowest BCUT2D eigenvalue weighted by molar-refractivity contribution is 0.203. The second kappa shape index (κ2) is 4.82. The highest BCUT2D eigenvalue weighted by Crippen LogP contribution is 2.39. The van der Waals surface area contributed by atoms with Crippen LogP contribution in [0.15, 0.2) is 24.3 Å². The number of hydrogen-bond acceptors (Lipinski definition) is 2. The van der Waals surface area contributed by atoms with Crippen molar-refractivity contribution in [2.45, 2.75) is 51.9 Å².